The van der Waals surface area contributed by atoms with Crippen LogP contribution in [0.1, 0.15) is 22.2 Å². The van der Waals surface area contributed by atoms with Gasteiger partial charge in [-0.05, 0) is 12.5 Å². The molecule has 170 valence electrons. The summed E-state index contributed by atoms with van der Waals surface area (Å²) in [6.07, 6.45) is 0.464. The van der Waals surface area contributed by atoms with E-state index in [0.29, 0.717) is 43.7 Å². The number of piperazine rings is 1. The van der Waals surface area contributed by atoms with E-state index >= 15 is 0 Å². The molecule has 1 aliphatic heterocycles. The Morgan fingerprint density at radius 1 is 1.16 bits per heavy atom. The molecule has 0 unspecified atom stereocenters. The molecule has 32 heavy (non-hydrogen) atoms. The zero-order valence-corrected chi connectivity index (χ0v) is 20.0. The number of hydrogen-bond donors (Lipinski definition) is 0. The molecule has 0 saturated carbocycles. The Balaban J connectivity index is 1.23. The summed E-state index contributed by atoms with van der Waals surface area (Å²) >= 11 is 2.75. The lowest BCUT2D eigenvalue weighted by Crippen LogP contribution is -2.51. The number of benzene rings is 1. The van der Waals surface area contributed by atoms with Crippen molar-refractivity contribution < 1.29 is 17.6 Å². The van der Waals surface area contributed by atoms with Crippen LogP contribution in [-0.2, 0) is 27.0 Å². The van der Waals surface area contributed by atoms with Gasteiger partial charge < -0.3 is 9.32 Å². The Bertz CT molecular complexity index is 1150. The van der Waals surface area contributed by atoms with E-state index in [2.05, 4.69) is 15.2 Å². The van der Waals surface area contributed by atoms with E-state index in [1.54, 1.807) is 28.4 Å². The van der Waals surface area contributed by atoms with E-state index in [1.165, 1.54) is 16.1 Å². The van der Waals surface area contributed by atoms with Gasteiger partial charge in [-0.3, -0.25) is 4.79 Å². The van der Waals surface area contributed by atoms with E-state index in [9.17, 15) is 13.2 Å². The van der Waals surface area contributed by atoms with Crippen molar-refractivity contribution in [2.45, 2.75) is 24.3 Å². The Morgan fingerprint density at radius 3 is 2.59 bits per heavy atom. The minimum absolute atomic E-state index is 0.0302. The third kappa shape index (κ3) is 5.94. The minimum atomic E-state index is -3.41. The van der Waals surface area contributed by atoms with Crippen LogP contribution in [0.15, 0.2) is 45.4 Å². The van der Waals surface area contributed by atoms with Gasteiger partial charge in [-0.2, -0.15) is 4.31 Å². The quantitative estimate of drug-likeness (QED) is 0.439. The van der Waals surface area contributed by atoms with E-state index in [-0.39, 0.29) is 17.4 Å². The number of thioether (sulfide) groups is 1. The van der Waals surface area contributed by atoms with Gasteiger partial charge >= 0.3 is 0 Å². The van der Waals surface area contributed by atoms with Gasteiger partial charge in [0.05, 0.1) is 28.6 Å². The number of hydrogen-bond acceptors (Lipinski definition) is 9. The molecule has 1 aliphatic rings. The van der Waals surface area contributed by atoms with Crippen LogP contribution in [0.4, 0.5) is 0 Å². The van der Waals surface area contributed by atoms with Gasteiger partial charge in [0.15, 0.2) is 0 Å². The van der Waals surface area contributed by atoms with Crippen molar-refractivity contribution in [3.8, 4) is 0 Å². The number of nitrogens with zero attached hydrogens (tertiary/aromatic N) is 5. The maximum Gasteiger partial charge on any atom is 0.277 e. The van der Waals surface area contributed by atoms with Crippen LogP contribution in [-0.4, -0.2) is 70.6 Å². The third-order valence-electron chi connectivity index (χ3n) is 4.94. The number of thiazole rings is 1. The predicted octanol–water partition coefficient (Wildman–Crippen LogP) is 2.19. The molecule has 0 radical (unpaired) electrons. The van der Waals surface area contributed by atoms with Gasteiger partial charge in [-0.25, -0.2) is 13.4 Å². The maximum absolute atomic E-state index is 12.7. The van der Waals surface area contributed by atoms with Gasteiger partial charge in [0, 0.05) is 31.6 Å². The molecule has 2 aromatic heterocycles. The maximum atomic E-state index is 12.7. The van der Waals surface area contributed by atoms with E-state index in [0.717, 1.165) is 16.3 Å². The summed E-state index contributed by atoms with van der Waals surface area (Å²) in [7, 11) is -3.41. The Hall–Kier alpha value is -2.28. The molecule has 3 heterocycles. The number of rotatable bonds is 8. The molecular formula is C20H23N5O4S3. The lowest BCUT2D eigenvalue weighted by atomic mass is 10.2. The normalized spacial score (nSPS) is 15.2. The highest BCUT2D eigenvalue weighted by molar-refractivity contribution is 7.99. The average molecular weight is 494 g/mol. The summed E-state index contributed by atoms with van der Waals surface area (Å²) in [5, 5.41) is 11.3. The monoisotopic (exact) mass is 493 g/mol. The average Bonchev–Trinajstić information content (AvgIpc) is 3.41. The molecule has 1 saturated heterocycles. The fraction of sp³-hybridized carbons (Fsp3) is 0.400. The topological polar surface area (TPSA) is 110 Å². The van der Waals surface area contributed by atoms with E-state index in [4.69, 9.17) is 4.42 Å². The van der Waals surface area contributed by atoms with Crippen molar-refractivity contribution in [1.29, 1.82) is 0 Å². The third-order valence-corrected chi connectivity index (χ3v) is 8.42. The predicted molar refractivity (Wildman–Crippen MR) is 122 cm³/mol. The van der Waals surface area contributed by atoms with Gasteiger partial charge in [-0.1, -0.05) is 42.1 Å². The van der Waals surface area contributed by atoms with E-state index in [1.807, 2.05) is 30.5 Å². The lowest BCUT2D eigenvalue weighted by Gasteiger charge is -2.34. The summed E-state index contributed by atoms with van der Waals surface area (Å²) < 4.78 is 32.4. The van der Waals surface area contributed by atoms with E-state index < -0.39 is 10.0 Å². The zero-order chi connectivity index (χ0) is 22.6. The van der Waals surface area contributed by atoms with Crippen molar-refractivity contribution in [3.63, 3.8) is 0 Å². The molecule has 0 atom stereocenters. The van der Waals surface area contributed by atoms with Crippen molar-refractivity contribution in [2.75, 3.05) is 31.9 Å². The molecular weight excluding hydrogens is 470 g/mol. The first kappa shape index (κ1) is 22.9. The number of carbonyl (C=O) groups is 1. The summed E-state index contributed by atoms with van der Waals surface area (Å²) in [4.78, 5) is 18.6. The first-order chi connectivity index (χ1) is 15.4. The molecule has 9 nitrogen and oxygen atoms in total. The largest absolute Gasteiger partial charge is 0.416 e. The molecule has 12 heteroatoms. The number of aromatic nitrogens is 3. The van der Waals surface area contributed by atoms with Crippen molar-refractivity contribution in [3.05, 3.63) is 57.9 Å². The van der Waals surface area contributed by atoms with Crippen LogP contribution in [0.5, 0.6) is 0 Å². The highest BCUT2D eigenvalue weighted by atomic mass is 32.2. The first-order valence-electron chi connectivity index (χ1n) is 10.0. The number of amides is 1. The number of carbonyl (C=O) groups excluding carboxylic acids is 1. The second-order valence-corrected chi connectivity index (χ2v) is 11.3. The summed E-state index contributed by atoms with van der Waals surface area (Å²) in [6, 6.07) is 9.11. The fourth-order valence-corrected chi connectivity index (χ4v) is 6.13. The Labute approximate surface area is 194 Å². The molecule has 3 aromatic rings. The minimum Gasteiger partial charge on any atom is -0.416 e. The highest BCUT2D eigenvalue weighted by Gasteiger charge is 2.29. The van der Waals surface area contributed by atoms with Crippen LogP contribution < -0.4 is 0 Å². The summed E-state index contributed by atoms with van der Waals surface area (Å²) in [5.74, 6) is 0.513. The van der Waals surface area contributed by atoms with Crippen molar-refractivity contribution >= 4 is 39.0 Å². The highest BCUT2D eigenvalue weighted by Crippen LogP contribution is 2.20. The van der Waals surface area contributed by atoms with Crippen LogP contribution in [0.2, 0.25) is 0 Å². The molecule has 1 aromatic carbocycles. The summed E-state index contributed by atoms with van der Waals surface area (Å²) in [5.41, 5.74) is 1.63. The van der Waals surface area contributed by atoms with Gasteiger partial charge in [0.2, 0.25) is 21.8 Å². The lowest BCUT2D eigenvalue weighted by molar-refractivity contribution is -0.129. The molecule has 4 rings (SSSR count). The van der Waals surface area contributed by atoms with Crippen molar-refractivity contribution in [2.24, 2.45) is 0 Å². The van der Waals surface area contributed by atoms with Crippen molar-refractivity contribution in [1.82, 2.24) is 24.4 Å². The molecule has 1 fully saturated rings. The fourth-order valence-electron chi connectivity index (χ4n) is 3.32. The number of aryl methyl sites for hydroxylation is 1. The van der Waals surface area contributed by atoms with Crippen LogP contribution in [0.3, 0.4) is 0 Å². The Kier molecular flexibility index (Phi) is 7.23. The molecule has 0 spiro atoms. The second-order valence-electron chi connectivity index (χ2n) is 7.31. The second kappa shape index (κ2) is 10.1. The molecule has 0 bridgehead atoms. The molecule has 1 amide bonds. The molecule has 0 aliphatic carbocycles. The SMILES string of the molecule is Cc1nc(Cc2nnc(SCC(=O)N3CCN(S(=O)(=O)Cc4ccccc4)CC3)o2)cs1. The standard InChI is InChI=1S/C20H23N5O4S3/c1-15-21-17(12-30-15)11-18-22-23-20(29-18)31-13-19(26)24-7-9-25(10-8-24)32(27,28)14-16-5-3-2-4-6-16/h2-6,12H,7-11,13-14H2,1H3. The van der Waals surface area contributed by atoms with Gasteiger partial charge in [-0.15, -0.1) is 21.5 Å². The summed E-state index contributed by atoms with van der Waals surface area (Å²) in [6.45, 7) is 3.26. The molecule has 0 N–H and O–H groups in total. The zero-order valence-electron chi connectivity index (χ0n) is 17.5. The van der Waals surface area contributed by atoms with Crippen LogP contribution in [0, 0.1) is 6.92 Å². The Morgan fingerprint density at radius 2 is 1.91 bits per heavy atom. The van der Waals surface area contributed by atoms with Gasteiger partial charge in [0.1, 0.15) is 0 Å². The van der Waals surface area contributed by atoms with Crippen LogP contribution in [0.25, 0.3) is 0 Å². The smallest absolute Gasteiger partial charge is 0.277 e. The number of sulfonamides is 1. The first-order valence-corrected chi connectivity index (χ1v) is 13.5. The van der Waals surface area contributed by atoms with Gasteiger partial charge in [0.25, 0.3) is 5.22 Å². The van der Waals surface area contributed by atoms with Crippen LogP contribution >= 0.6 is 23.1 Å².